The van der Waals surface area contributed by atoms with Crippen LogP contribution in [0.2, 0.25) is 0 Å². The molecule has 4 nitrogen and oxygen atoms in total. The molecular weight excluding hydrogens is 228 g/mol. The number of carbonyl (C=O) groups is 1. The Kier molecular flexibility index (Phi) is 4.20. The minimum Gasteiger partial charge on any atom is -0.506 e. The number of amides is 1. The van der Waals surface area contributed by atoms with Crippen LogP contribution in [0.4, 0.5) is 5.69 Å². The lowest BCUT2D eigenvalue weighted by molar-refractivity contribution is -0.120. The van der Waals surface area contributed by atoms with Gasteiger partial charge < -0.3 is 15.7 Å². The van der Waals surface area contributed by atoms with Gasteiger partial charge in [-0.25, -0.2) is 0 Å². The normalized spacial score (nSPS) is 19.5. The molecule has 4 heteroatoms. The first-order valence-corrected chi connectivity index (χ1v) is 6.54. The van der Waals surface area contributed by atoms with Gasteiger partial charge in [0.25, 0.3) is 0 Å². The largest absolute Gasteiger partial charge is 0.506 e. The van der Waals surface area contributed by atoms with Gasteiger partial charge >= 0.3 is 0 Å². The fourth-order valence-electron chi connectivity index (χ4n) is 2.21. The van der Waals surface area contributed by atoms with Crippen molar-refractivity contribution >= 4 is 11.6 Å². The smallest absolute Gasteiger partial charge is 0.228 e. The Balaban J connectivity index is 2.05. The van der Waals surface area contributed by atoms with Crippen molar-refractivity contribution in [3.63, 3.8) is 0 Å². The molecule has 1 aliphatic heterocycles. The van der Waals surface area contributed by atoms with E-state index >= 15 is 0 Å². The van der Waals surface area contributed by atoms with Gasteiger partial charge in [0, 0.05) is 6.54 Å². The first-order valence-electron chi connectivity index (χ1n) is 6.54. The summed E-state index contributed by atoms with van der Waals surface area (Å²) >= 11 is 0. The van der Waals surface area contributed by atoms with Crippen molar-refractivity contribution < 1.29 is 9.90 Å². The molecule has 1 aliphatic rings. The molecule has 0 aromatic heterocycles. The van der Waals surface area contributed by atoms with E-state index in [0.29, 0.717) is 5.69 Å². The molecule has 0 aliphatic carbocycles. The average molecular weight is 248 g/mol. The van der Waals surface area contributed by atoms with Gasteiger partial charge in [0.05, 0.1) is 11.6 Å². The predicted octanol–water partition coefficient (Wildman–Crippen LogP) is 1.89. The van der Waals surface area contributed by atoms with Crippen molar-refractivity contribution in [3.8, 4) is 5.75 Å². The third-order valence-corrected chi connectivity index (χ3v) is 3.39. The number of nitrogens with one attached hydrogen (secondary N) is 2. The summed E-state index contributed by atoms with van der Waals surface area (Å²) in [4.78, 5) is 12.1. The predicted molar refractivity (Wildman–Crippen MR) is 71.7 cm³/mol. The van der Waals surface area contributed by atoms with E-state index in [0.717, 1.165) is 37.9 Å². The highest BCUT2D eigenvalue weighted by Crippen LogP contribution is 2.25. The maximum Gasteiger partial charge on any atom is 0.228 e. The molecule has 1 saturated heterocycles. The molecule has 1 heterocycles. The summed E-state index contributed by atoms with van der Waals surface area (Å²) in [5, 5.41) is 15.8. The lowest BCUT2D eigenvalue weighted by Gasteiger charge is -2.22. The maximum atomic E-state index is 12.1. The molecule has 1 fully saturated rings. The van der Waals surface area contributed by atoms with E-state index in [4.69, 9.17) is 0 Å². The van der Waals surface area contributed by atoms with Gasteiger partial charge in [-0.05, 0) is 43.5 Å². The number of rotatable bonds is 3. The number of hydrogen-bond donors (Lipinski definition) is 3. The van der Waals surface area contributed by atoms with Crippen LogP contribution in [0.5, 0.6) is 5.75 Å². The Morgan fingerprint density at radius 2 is 2.39 bits per heavy atom. The number of carbonyl (C=O) groups excluding carboxylic acids is 1. The summed E-state index contributed by atoms with van der Waals surface area (Å²) < 4.78 is 0. The van der Waals surface area contributed by atoms with E-state index in [1.807, 2.05) is 19.1 Å². The second-order valence-electron chi connectivity index (χ2n) is 4.74. The highest BCUT2D eigenvalue weighted by atomic mass is 16.3. The molecule has 0 bridgehead atoms. The van der Waals surface area contributed by atoms with Crippen molar-refractivity contribution in [2.45, 2.75) is 26.2 Å². The quantitative estimate of drug-likeness (QED) is 0.716. The number of piperidine rings is 1. The second kappa shape index (κ2) is 5.87. The molecule has 2 rings (SSSR count). The van der Waals surface area contributed by atoms with Crippen LogP contribution in [-0.2, 0) is 11.2 Å². The van der Waals surface area contributed by atoms with E-state index in [-0.39, 0.29) is 17.6 Å². The second-order valence-corrected chi connectivity index (χ2v) is 4.74. The lowest BCUT2D eigenvalue weighted by Crippen LogP contribution is -2.37. The Hall–Kier alpha value is -1.55. The zero-order valence-electron chi connectivity index (χ0n) is 10.7. The molecule has 98 valence electrons. The summed E-state index contributed by atoms with van der Waals surface area (Å²) in [5.41, 5.74) is 1.62. The van der Waals surface area contributed by atoms with Crippen LogP contribution in [0, 0.1) is 5.92 Å². The van der Waals surface area contributed by atoms with Gasteiger partial charge in [-0.1, -0.05) is 13.0 Å². The van der Waals surface area contributed by atoms with E-state index in [2.05, 4.69) is 10.6 Å². The van der Waals surface area contributed by atoms with Crippen molar-refractivity contribution in [2.75, 3.05) is 18.4 Å². The van der Waals surface area contributed by atoms with Crippen molar-refractivity contribution in [1.82, 2.24) is 5.32 Å². The monoisotopic (exact) mass is 248 g/mol. The van der Waals surface area contributed by atoms with Crippen molar-refractivity contribution in [2.24, 2.45) is 5.92 Å². The van der Waals surface area contributed by atoms with Gasteiger partial charge in [0.2, 0.25) is 5.91 Å². The zero-order chi connectivity index (χ0) is 13.0. The first-order chi connectivity index (χ1) is 8.70. The lowest BCUT2D eigenvalue weighted by atomic mass is 9.98. The van der Waals surface area contributed by atoms with E-state index in [1.165, 1.54) is 0 Å². The minimum atomic E-state index is -0.00856. The average Bonchev–Trinajstić information content (AvgIpc) is 2.42. The van der Waals surface area contributed by atoms with Gasteiger partial charge in [0.15, 0.2) is 0 Å². The fraction of sp³-hybridized carbons (Fsp3) is 0.500. The fourth-order valence-corrected chi connectivity index (χ4v) is 2.21. The highest BCUT2D eigenvalue weighted by Gasteiger charge is 2.21. The third-order valence-electron chi connectivity index (χ3n) is 3.39. The van der Waals surface area contributed by atoms with Crippen LogP contribution in [0.1, 0.15) is 25.3 Å². The van der Waals surface area contributed by atoms with E-state index in [9.17, 15) is 9.90 Å². The highest BCUT2D eigenvalue weighted by molar-refractivity contribution is 5.94. The van der Waals surface area contributed by atoms with Gasteiger partial charge in [-0.15, -0.1) is 0 Å². The Morgan fingerprint density at radius 3 is 3.06 bits per heavy atom. The summed E-state index contributed by atoms with van der Waals surface area (Å²) in [6.45, 7) is 3.75. The molecule has 18 heavy (non-hydrogen) atoms. The SMILES string of the molecule is CCc1ccc(O)c(NC(=O)[C@@H]2CCCNC2)c1. The molecule has 0 spiro atoms. The van der Waals surface area contributed by atoms with Crippen LogP contribution in [0.3, 0.4) is 0 Å². The minimum absolute atomic E-state index is 0.00318. The van der Waals surface area contributed by atoms with Crippen LogP contribution < -0.4 is 10.6 Å². The standard InChI is InChI=1S/C14H20N2O2/c1-2-10-5-6-13(17)12(8-10)16-14(18)11-4-3-7-15-9-11/h5-6,8,11,15,17H,2-4,7,9H2,1H3,(H,16,18)/t11-/m1/s1. The van der Waals surface area contributed by atoms with Crippen LogP contribution >= 0.6 is 0 Å². The molecule has 0 radical (unpaired) electrons. The molecule has 1 aromatic rings. The van der Waals surface area contributed by atoms with E-state index in [1.54, 1.807) is 6.07 Å². The number of benzene rings is 1. The van der Waals surface area contributed by atoms with Crippen LogP contribution in [0.25, 0.3) is 0 Å². The first kappa shape index (κ1) is 12.9. The molecule has 0 unspecified atom stereocenters. The number of hydrogen-bond acceptors (Lipinski definition) is 3. The molecule has 3 N–H and O–H groups in total. The maximum absolute atomic E-state index is 12.1. The molecule has 1 atom stereocenters. The van der Waals surface area contributed by atoms with Crippen molar-refractivity contribution in [1.29, 1.82) is 0 Å². The van der Waals surface area contributed by atoms with Gasteiger partial charge in [-0.2, -0.15) is 0 Å². The summed E-state index contributed by atoms with van der Waals surface area (Å²) in [6.07, 6.45) is 2.82. The number of phenols is 1. The number of phenolic OH excluding ortho intramolecular Hbond substituents is 1. The summed E-state index contributed by atoms with van der Waals surface area (Å²) in [5.74, 6) is 0.124. The molecule has 1 aromatic carbocycles. The Bertz CT molecular complexity index is 426. The molecule has 1 amide bonds. The summed E-state index contributed by atoms with van der Waals surface area (Å²) in [6, 6.07) is 5.34. The Labute approximate surface area is 107 Å². The number of anilines is 1. The number of aromatic hydroxyl groups is 1. The summed E-state index contributed by atoms with van der Waals surface area (Å²) in [7, 11) is 0. The van der Waals surface area contributed by atoms with Gasteiger partial charge in [-0.3, -0.25) is 4.79 Å². The van der Waals surface area contributed by atoms with Crippen LogP contribution in [0.15, 0.2) is 18.2 Å². The molecule has 0 saturated carbocycles. The van der Waals surface area contributed by atoms with Gasteiger partial charge in [0.1, 0.15) is 5.75 Å². The number of aryl methyl sites for hydroxylation is 1. The third kappa shape index (κ3) is 3.01. The topological polar surface area (TPSA) is 61.4 Å². The van der Waals surface area contributed by atoms with E-state index < -0.39 is 0 Å². The van der Waals surface area contributed by atoms with Crippen molar-refractivity contribution in [3.05, 3.63) is 23.8 Å². The zero-order valence-corrected chi connectivity index (χ0v) is 10.7. The van der Waals surface area contributed by atoms with Crippen LogP contribution in [-0.4, -0.2) is 24.1 Å². The Morgan fingerprint density at radius 1 is 1.56 bits per heavy atom. The molecular formula is C14H20N2O2.